The maximum Gasteiger partial charge on any atom is 0.254 e. The van der Waals surface area contributed by atoms with Gasteiger partial charge in [-0.1, -0.05) is 36.4 Å². The van der Waals surface area contributed by atoms with Crippen molar-refractivity contribution >= 4 is 17.7 Å². The smallest absolute Gasteiger partial charge is 0.254 e. The van der Waals surface area contributed by atoms with Gasteiger partial charge >= 0.3 is 0 Å². The van der Waals surface area contributed by atoms with Crippen LogP contribution < -0.4 is 10.6 Å². The van der Waals surface area contributed by atoms with Gasteiger partial charge in [-0.15, -0.1) is 0 Å². The highest BCUT2D eigenvalue weighted by molar-refractivity contribution is 5.99. The minimum Gasteiger partial charge on any atom is -0.383 e. The number of hydrogen-bond acceptors (Lipinski definition) is 4. The van der Waals surface area contributed by atoms with E-state index >= 15 is 0 Å². The summed E-state index contributed by atoms with van der Waals surface area (Å²) in [5, 5.41) is 5.82. The van der Waals surface area contributed by atoms with Crippen molar-refractivity contribution in [2.75, 3.05) is 33.4 Å². The van der Waals surface area contributed by atoms with Crippen LogP contribution >= 0.6 is 0 Å². The van der Waals surface area contributed by atoms with Gasteiger partial charge in [0.15, 0.2) is 0 Å². The average Bonchev–Trinajstić information content (AvgIpc) is 2.83. The Morgan fingerprint density at radius 3 is 2.12 bits per heavy atom. The van der Waals surface area contributed by atoms with E-state index < -0.39 is 6.04 Å². The summed E-state index contributed by atoms with van der Waals surface area (Å²) >= 11 is 0. The maximum absolute atomic E-state index is 13.0. The molecular formula is C26H33N3O4. The fraction of sp³-hybridized carbons (Fsp3) is 0.423. The van der Waals surface area contributed by atoms with Crippen molar-refractivity contribution in [1.82, 2.24) is 15.5 Å². The zero-order valence-electron chi connectivity index (χ0n) is 19.6. The first-order chi connectivity index (χ1) is 15.9. The van der Waals surface area contributed by atoms with Gasteiger partial charge in [-0.3, -0.25) is 14.4 Å². The molecule has 2 N–H and O–H groups in total. The zero-order valence-corrected chi connectivity index (χ0v) is 19.6. The predicted octanol–water partition coefficient (Wildman–Crippen LogP) is 2.72. The monoisotopic (exact) mass is 451 g/mol. The first-order valence-electron chi connectivity index (χ1n) is 11.4. The van der Waals surface area contributed by atoms with E-state index in [4.69, 9.17) is 4.74 Å². The van der Waals surface area contributed by atoms with Crippen molar-refractivity contribution in [2.45, 2.75) is 32.7 Å². The molecule has 1 unspecified atom stereocenters. The topological polar surface area (TPSA) is 87.7 Å². The van der Waals surface area contributed by atoms with Crippen LogP contribution in [0.2, 0.25) is 0 Å². The van der Waals surface area contributed by atoms with Crippen LogP contribution in [0.15, 0.2) is 48.5 Å². The Bertz CT molecular complexity index is 983. The number of nitrogens with one attached hydrogen (secondary N) is 2. The van der Waals surface area contributed by atoms with Gasteiger partial charge in [0.1, 0.15) is 6.04 Å². The van der Waals surface area contributed by atoms with Crippen molar-refractivity contribution in [2.24, 2.45) is 5.92 Å². The summed E-state index contributed by atoms with van der Waals surface area (Å²) in [5.41, 5.74) is 3.06. The molecule has 0 aromatic heterocycles. The number of benzene rings is 2. The van der Waals surface area contributed by atoms with Crippen LogP contribution in [-0.2, 0) is 9.53 Å². The molecule has 0 bridgehead atoms. The second kappa shape index (κ2) is 11.6. The predicted molar refractivity (Wildman–Crippen MR) is 127 cm³/mol. The molecule has 1 heterocycles. The van der Waals surface area contributed by atoms with Gasteiger partial charge in [-0.2, -0.15) is 0 Å². The summed E-state index contributed by atoms with van der Waals surface area (Å²) in [4.78, 5) is 40.8. The third kappa shape index (κ3) is 6.20. The summed E-state index contributed by atoms with van der Waals surface area (Å²) in [7, 11) is 1.57. The van der Waals surface area contributed by atoms with E-state index in [1.165, 1.54) is 0 Å². The van der Waals surface area contributed by atoms with E-state index in [9.17, 15) is 14.4 Å². The molecule has 2 aromatic carbocycles. The molecule has 3 rings (SSSR count). The van der Waals surface area contributed by atoms with E-state index in [1.54, 1.807) is 13.2 Å². The van der Waals surface area contributed by atoms with Crippen LogP contribution in [0.4, 0.5) is 0 Å². The Labute approximate surface area is 195 Å². The molecule has 7 nitrogen and oxygen atoms in total. The molecule has 1 fully saturated rings. The van der Waals surface area contributed by atoms with Crippen LogP contribution in [0, 0.1) is 19.8 Å². The molecule has 0 aliphatic carbocycles. The lowest BCUT2D eigenvalue weighted by Crippen LogP contribution is -2.54. The third-order valence-corrected chi connectivity index (χ3v) is 6.24. The number of amides is 3. The number of nitrogens with zero attached hydrogens (tertiary/aromatic N) is 1. The van der Waals surface area contributed by atoms with Gasteiger partial charge in [0.2, 0.25) is 5.91 Å². The first kappa shape index (κ1) is 24.5. The lowest BCUT2D eigenvalue weighted by atomic mass is 9.88. The van der Waals surface area contributed by atoms with Gasteiger partial charge in [0, 0.05) is 37.9 Å². The zero-order chi connectivity index (χ0) is 23.8. The number of likely N-dealkylation sites (tertiary alicyclic amines) is 1. The van der Waals surface area contributed by atoms with Gasteiger partial charge < -0.3 is 20.3 Å². The molecule has 3 amide bonds. The van der Waals surface area contributed by atoms with E-state index in [1.807, 2.05) is 61.2 Å². The molecule has 1 aliphatic rings. The minimum absolute atomic E-state index is 0.0107. The number of ether oxygens (including phenoxy) is 1. The molecule has 0 radical (unpaired) electrons. The molecule has 7 heteroatoms. The lowest BCUT2D eigenvalue weighted by molar-refractivity contribution is -0.124. The Hall–Kier alpha value is -3.19. The van der Waals surface area contributed by atoms with E-state index in [0.29, 0.717) is 50.2 Å². The highest BCUT2D eigenvalue weighted by Gasteiger charge is 2.34. The molecule has 33 heavy (non-hydrogen) atoms. The molecule has 1 saturated heterocycles. The Morgan fingerprint density at radius 2 is 1.55 bits per heavy atom. The number of rotatable bonds is 8. The summed E-state index contributed by atoms with van der Waals surface area (Å²) in [6.07, 6.45) is 1.27. The normalized spacial score (nSPS) is 15.1. The minimum atomic E-state index is -0.676. The van der Waals surface area contributed by atoms with Crippen molar-refractivity contribution in [3.8, 4) is 0 Å². The van der Waals surface area contributed by atoms with Crippen LogP contribution in [0.5, 0.6) is 0 Å². The SMILES string of the molecule is COCCNC(=O)C(NC(=O)c1ccccc1C)C1CCN(C(=O)c2ccccc2C)CC1. The second-order valence-corrected chi connectivity index (χ2v) is 8.49. The van der Waals surface area contributed by atoms with Crippen LogP contribution in [0.1, 0.15) is 44.7 Å². The third-order valence-electron chi connectivity index (χ3n) is 6.24. The van der Waals surface area contributed by atoms with E-state index in [0.717, 1.165) is 11.1 Å². The van der Waals surface area contributed by atoms with Crippen LogP contribution in [-0.4, -0.2) is 62.0 Å². The van der Waals surface area contributed by atoms with Gasteiger partial charge in [-0.25, -0.2) is 0 Å². The van der Waals surface area contributed by atoms with Gasteiger partial charge in [0.25, 0.3) is 11.8 Å². The standard InChI is InChI=1S/C26H33N3O4/c1-18-8-4-6-10-21(18)24(30)28-23(25(31)27-14-17-33-3)20-12-15-29(16-13-20)26(32)22-11-7-5-9-19(22)2/h4-11,20,23H,12-17H2,1-3H3,(H,27,31)(H,28,30). The number of hydrogen-bond donors (Lipinski definition) is 2. The number of carbonyl (C=O) groups is 3. The Kier molecular flexibility index (Phi) is 8.60. The largest absolute Gasteiger partial charge is 0.383 e. The fourth-order valence-corrected chi connectivity index (χ4v) is 4.25. The van der Waals surface area contributed by atoms with Crippen LogP contribution in [0.25, 0.3) is 0 Å². The second-order valence-electron chi connectivity index (χ2n) is 8.49. The number of methoxy groups -OCH3 is 1. The lowest BCUT2D eigenvalue weighted by Gasteiger charge is -2.36. The molecule has 1 atom stereocenters. The van der Waals surface area contributed by atoms with Gasteiger partial charge in [0.05, 0.1) is 6.61 Å². The Morgan fingerprint density at radius 1 is 0.970 bits per heavy atom. The first-order valence-corrected chi connectivity index (χ1v) is 11.4. The molecule has 2 aromatic rings. The van der Waals surface area contributed by atoms with Crippen molar-refractivity contribution in [1.29, 1.82) is 0 Å². The van der Waals surface area contributed by atoms with Gasteiger partial charge in [-0.05, 0) is 55.9 Å². The fourth-order valence-electron chi connectivity index (χ4n) is 4.25. The number of aryl methyl sites for hydroxylation is 2. The molecule has 176 valence electrons. The molecule has 1 aliphatic heterocycles. The van der Waals surface area contributed by atoms with E-state index in [2.05, 4.69) is 10.6 Å². The van der Waals surface area contributed by atoms with Crippen molar-refractivity contribution in [3.05, 3.63) is 70.8 Å². The summed E-state index contributed by atoms with van der Waals surface area (Å²) in [5.74, 6) is -0.547. The number of carbonyl (C=O) groups excluding carboxylic acids is 3. The van der Waals surface area contributed by atoms with Crippen LogP contribution in [0.3, 0.4) is 0 Å². The highest BCUT2D eigenvalue weighted by atomic mass is 16.5. The average molecular weight is 452 g/mol. The van der Waals surface area contributed by atoms with Crippen molar-refractivity contribution in [3.63, 3.8) is 0 Å². The maximum atomic E-state index is 13.0. The number of piperidine rings is 1. The Balaban J connectivity index is 1.70. The molecule has 0 spiro atoms. The van der Waals surface area contributed by atoms with E-state index in [-0.39, 0.29) is 23.6 Å². The highest BCUT2D eigenvalue weighted by Crippen LogP contribution is 2.24. The molecule has 0 saturated carbocycles. The molecular weight excluding hydrogens is 418 g/mol. The summed E-state index contributed by atoms with van der Waals surface area (Å²) in [6, 6.07) is 14.2. The van der Waals surface area contributed by atoms with Crippen molar-refractivity contribution < 1.29 is 19.1 Å². The quantitative estimate of drug-likeness (QED) is 0.604. The summed E-state index contributed by atoms with van der Waals surface area (Å²) in [6.45, 7) is 5.66. The summed E-state index contributed by atoms with van der Waals surface area (Å²) < 4.78 is 5.03.